The number of thioether (sulfide) groups is 1. The van der Waals surface area contributed by atoms with Crippen LogP contribution >= 0.6 is 23.1 Å². The first-order valence-electron chi connectivity index (χ1n) is 7.42. The fourth-order valence-corrected chi connectivity index (χ4v) is 5.49. The topological polar surface area (TPSA) is 58.2 Å². The molecule has 0 aromatic carbocycles. The van der Waals surface area contributed by atoms with Crippen LogP contribution in [0.15, 0.2) is 16.3 Å². The van der Waals surface area contributed by atoms with E-state index in [-0.39, 0.29) is 6.04 Å². The minimum absolute atomic E-state index is 0.0295. The molecule has 0 spiro atoms. The highest BCUT2D eigenvalue weighted by atomic mass is 32.2. The van der Waals surface area contributed by atoms with E-state index in [0.717, 1.165) is 22.8 Å². The summed E-state index contributed by atoms with van der Waals surface area (Å²) in [6.07, 6.45) is 3.27. The Morgan fingerprint density at radius 1 is 1.48 bits per heavy atom. The number of nitrogens with one attached hydrogen (secondary N) is 2. The van der Waals surface area contributed by atoms with Crippen LogP contribution in [0, 0.1) is 0 Å². The van der Waals surface area contributed by atoms with E-state index in [1.165, 1.54) is 24.2 Å². The zero-order valence-corrected chi connectivity index (χ0v) is 15.0. The van der Waals surface area contributed by atoms with Gasteiger partial charge in [0, 0.05) is 23.5 Å². The van der Waals surface area contributed by atoms with Crippen molar-refractivity contribution in [3.8, 4) is 0 Å². The Balaban J connectivity index is 1.93. The minimum Gasteiger partial charge on any atom is -0.309 e. The van der Waals surface area contributed by atoms with Crippen LogP contribution in [0.1, 0.15) is 38.0 Å². The molecule has 2 rings (SSSR count). The molecule has 1 heterocycles. The molecule has 21 heavy (non-hydrogen) atoms. The largest absolute Gasteiger partial charge is 0.309 e. The van der Waals surface area contributed by atoms with Gasteiger partial charge in [0.05, 0.1) is 4.90 Å². The zero-order valence-electron chi connectivity index (χ0n) is 12.6. The van der Waals surface area contributed by atoms with Gasteiger partial charge in [0.1, 0.15) is 0 Å². The van der Waals surface area contributed by atoms with Crippen LogP contribution in [-0.4, -0.2) is 32.0 Å². The minimum atomic E-state index is -3.40. The summed E-state index contributed by atoms with van der Waals surface area (Å²) in [5, 5.41) is 5.24. The summed E-state index contributed by atoms with van der Waals surface area (Å²) in [5.74, 6) is 2.06. The Labute approximate surface area is 136 Å². The van der Waals surface area contributed by atoms with E-state index < -0.39 is 10.0 Å². The second kappa shape index (κ2) is 7.97. The molecule has 1 aromatic rings. The molecule has 0 amide bonds. The summed E-state index contributed by atoms with van der Waals surface area (Å²) < 4.78 is 27.8. The lowest BCUT2D eigenvalue weighted by Gasteiger charge is -2.14. The summed E-state index contributed by atoms with van der Waals surface area (Å²) in [6.45, 7) is 4.70. The molecular weight excluding hydrogens is 324 g/mol. The van der Waals surface area contributed by atoms with Crippen molar-refractivity contribution >= 4 is 33.1 Å². The number of hydrogen-bond donors (Lipinski definition) is 2. The average molecular weight is 349 g/mol. The van der Waals surface area contributed by atoms with Crippen molar-refractivity contribution in [3.05, 3.63) is 16.3 Å². The molecule has 120 valence electrons. The highest BCUT2D eigenvalue weighted by molar-refractivity contribution is 7.99. The zero-order chi connectivity index (χ0) is 15.3. The molecule has 7 heteroatoms. The van der Waals surface area contributed by atoms with E-state index in [1.807, 2.05) is 24.1 Å². The van der Waals surface area contributed by atoms with E-state index >= 15 is 0 Å². The second-order valence-electron chi connectivity index (χ2n) is 5.37. The van der Waals surface area contributed by atoms with Crippen molar-refractivity contribution in [2.75, 3.05) is 11.5 Å². The van der Waals surface area contributed by atoms with Crippen LogP contribution < -0.4 is 10.0 Å². The third-order valence-corrected chi connectivity index (χ3v) is 7.04. The molecule has 1 aliphatic rings. The van der Waals surface area contributed by atoms with Crippen molar-refractivity contribution in [1.82, 2.24) is 10.0 Å². The van der Waals surface area contributed by atoms with Crippen molar-refractivity contribution in [2.45, 2.75) is 56.6 Å². The maximum Gasteiger partial charge on any atom is 0.241 e. The predicted octanol–water partition coefficient (Wildman–Crippen LogP) is 2.81. The highest BCUT2D eigenvalue weighted by Crippen LogP contribution is 2.25. The first-order valence-corrected chi connectivity index (χ1v) is 10.9. The number of thiophene rings is 1. The molecule has 1 fully saturated rings. The van der Waals surface area contributed by atoms with E-state index in [1.54, 1.807) is 6.07 Å². The van der Waals surface area contributed by atoms with Gasteiger partial charge < -0.3 is 5.32 Å². The van der Waals surface area contributed by atoms with E-state index in [2.05, 4.69) is 17.0 Å². The summed E-state index contributed by atoms with van der Waals surface area (Å²) in [7, 11) is -3.40. The molecule has 1 aliphatic carbocycles. The lowest BCUT2D eigenvalue weighted by atomic mass is 10.3. The molecule has 1 aromatic heterocycles. The molecule has 0 saturated heterocycles. The van der Waals surface area contributed by atoms with Crippen LogP contribution in [0.5, 0.6) is 0 Å². The first-order chi connectivity index (χ1) is 10.0. The lowest BCUT2D eigenvalue weighted by Crippen LogP contribution is -2.33. The third-order valence-electron chi connectivity index (χ3n) is 3.38. The number of sulfonamides is 1. The Kier molecular flexibility index (Phi) is 6.55. The van der Waals surface area contributed by atoms with Gasteiger partial charge in [0.15, 0.2) is 0 Å². The first kappa shape index (κ1) is 17.3. The number of hydrogen-bond acceptors (Lipinski definition) is 5. The van der Waals surface area contributed by atoms with Crippen molar-refractivity contribution in [1.29, 1.82) is 0 Å². The standard InChI is InChI=1S/C14H24N2O2S3/c1-3-19-8-6-11(2)16-21(17,18)14-7-9-20-13(14)10-15-12-4-5-12/h7,9,11-12,15-16H,3-6,8,10H2,1-2H3. The second-order valence-corrected chi connectivity index (χ2v) is 9.45. The summed E-state index contributed by atoms with van der Waals surface area (Å²) in [5.41, 5.74) is 0. The molecule has 1 atom stereocenters. The van der Waals surface area contributed by atoms with Gasteiger partial charge in [-0.2, -0.15) is 11.8 Å². The normalized spacial score (nSPS) is 17.0. The van der Waals surface area contributed by atoms with Gasteiger partial charge in [-0.3, -0.25) is 0 Å². The van der Waals surface area contributed by atoms with Crippen LogP contribution in [0.25, 0.3) is 0 Å². The van der Waals surface area contributed by atoms with E-state index in [9.17, 15) is 8.42 Å². The fourth-order valence-electron chi connectivity index (χ4n) is 2.01. The average Bonchev–Trinajstić information content (AvgIpc) is 3.12. The van der Waals surface area contributed by atoms with Gasteiger partial charge in [-0.25, -0.2) is 13.1 Å². The molecule has 0 bridgehead atoms. The van der Waals surface area contributed by atoms with Crippen LogP contribution in [0.2, 0.25) is 0 Å². The van der Waals surface area contributed by atoms with Gasteiger partial charge in [-0.1, -0.05) is 6.92 Å². The molecule has 0 radical (unpaired) electrons. The monoisotopic (exact) mass is 348 g/mol. The highest BCUT2D eigenvalue weighted by Gasteiger charge is 2.24. The molecule has 4 nitrogen and oxygen atoms in total. The molecule has 1 saturated carbocycles. The predicted molar refractivity (Wildman–Crippen MR) is 91.6 cm³/mol. The van der Waals surface area contributed by atoms with Gasteiger partial charge >= 0.3 is 0 Å². The molecule has 1 unspecified atom stereocenters. The van der Waals surface area contributed by atoms with Crippen molar-refractivity contribution in [2.24, 2.45) is 0 Å². The SMILES string of the molecule is CCSCCC(C)NS(=O)(=O)c1ccsc1CNC1CC1. The Morgan fingerprint density at radius 3 is 2.90 bits per heavy atom. The van der Waals surface area contributed by atoms with Gasteiger partial charge in [0.2, 0.25) is 10.0 Å². The molecule has 0 aliphatic heterocycles. The maximum absolute atomic E-state index is 12.5. The summed E-state index contributed by atoms with van der Waals surface area (Å²) >= 11 is 3.35. The Morgan fingerprint density at radius 2 is 2.24 bits per heavy atom. The van der Waals surface area contributed by atoms with Gasteiger partial charge in [-0.15, -0.1) is 11.3 Å². The van der Waals surface area contributed by atoms with Gasteiger partial charge in [-0.05, 0) is 49.1 Å². The molecule has 2 N–H and O–H groups in total. The van der Waals surface area contributed by atoms with Crippen molar-refractivity contribution in [3.63, 3.8) is 0 Å². The van der Waals surface area contributed by atoms with Crippen LogP contribution in [-0.2, 0) is 16.6 Å². The van der Waals surface area contributed by atoms with Gasteiger partial charge in [0.25, 0.3) is 0 Å². The Hall–Kier alpha value is -0.0800. The van der Waals surface area contributed by atoms with E-state index in [4.69, 9.17) is 0 Å². The number of rotatable bonds is 10. The Bertz CT molecular complexity index is 538. The third kappa shape index (κ3) is 5.56. The quantitative estimate of drug-likeness (QED) is 0.638. The summed E-state index contributed by atoms with van der Waals surface area (Å²) in [6, 6.07) is 2.27. The van der Waals surface area contributed by atoms with Crippen LogP contribution in [0.4, 0.5) is 0 Å². The van der Waals surface area contributed by atoms with Crippen LogP contribution in [0.3, 0.4) is 0 Å². The maximum atomic E-state index is 12.5. The summed E-state index contributed by atoms with van der Waals surface area (Å²) in [4.78, 5) is 1.35. The molecular formula is C14H24N2O2S3. The smallest absolute Gasteiger partial charge is 0.241 e. The van der Waals surface area contributed by atoms with E-state index in [0.29, 0.717) is 17.5 Å². The lowest BCUT2D eigenvalue weighted by molar-refractivity contribution is 0.555. The van der Waals surface area contributed by atoms with Crippen molar-refractivity contribution < 1.29 is 8.42 Å². The fraction of sp³-hybridized carbons (Fsp3) is 0.714.